The molecule has 0 aromatic heterocycles. The molecule has 0 fully saturated rings. The van der Waals surface area contributed by atoms with Gasteiger partial charge in [0.15, 0.2) is 6.10 Å². The number of anilines is 2. The number of Topliss-reactive ketones (excluding diaryl/α,β-unsaturated/α-hetero) is 1. The number of hydrogen-bond donors (Lipinski definition) is 1. The van der Waals surface area contributed by atoms with Crippen molar-refractivity contribution < 1.29 is 23.9 Å². The van der Waals surface area contributed by atoms with Gasteiger partial charge < -0.3 is 10.1 Å². The molecule has 1 aliphatic rings. The van der Waals surface area contributed by atoms with Gasteiger partial charge in [-0.25, -0.2) is 0 Å². The topological polar surface area (TPSA) is 117 Å². The molecule has 1 atom stereocenters. The molecular weight excluding hydrogens is 362 g/mol. The van der Waals surface area contributed by atoms with Gasteiger partial charge in [0.25, 0.3) is 17.6 Å². The maximum Gasteiger partial charge on any atom is 0.326 e. The zero-order chi connectivity index (χ0) is 20.3. The first-order valence-corrected chi connectivity index (χ1v) is 8.37. The number of carbonyl (C=O) groups is 4. The van der Waals surface area contributed by atoms with Crippen LogP contribution in [0.2, 0.25) is 0 Å². The molecule has 0 saturated carbocycles. The van der Waals surface area contributed by atoms with Crippen LogP contribution >= 0.6 is 0 Å². The number of ether oxygens (including phenoxy) is 1. The normalized spacial score (nSPS) is 13.5. The summed E-state index contributed by atoms with van der Waals surface area (Å²) in [5.74, 6) is -2.98. The predicted octanol–water partition coefficient (Wildman–Crippen LogP) is 1.66. The lowest BCUT2D eigenvalue weighted by atomic mass is 10.1. The van der Waals surface area contributed by atoms with Crippen LogP contribution in [0.5, 0.6) is 0 Å². The molecule has 1 heterocycles. The number of carbonyl (C=O) groups excluding carboxylic acids is 4. The van der Waals surface area contributed by atoms with E-state index in [0.717, 1.165) is 4.90 Å². The minimum absolute atomic E-state index is 0.221. The Morgan fingerprint density at radius 2 is 1.82 bits per heavy atom. The highest BCUT2D eigenvalue weighted by Gasteiger charge is 2.37. The van der Waals surface area contributed by atoms with E-state index in [1.54, 1.807) is 42.5 Å². The lowest BCUT2D eigenvalue weighted by Crippen LogP contribution is -2.38. The molecule has 0 saturated heterocycles. The molecule has 2 amide bonds. The second-order valence-electron chi connectivity index (χ2n) is 6.02. The molecule has 28 heavy (non-hydrogen) atoms. The average Bonchev–Trinajstić information content (AvgIpc) is 2.93. The van der Waals surface area contributed by atoms with Crippen molar-refractivity contribution in [1.82, 2.24) is 0 Å². The highest BCUT2D eigenvalue weighted by Crippen LogP contribution is 2.28. The Balaban J connectivity index is 1.63. The van der Waals surface area contributed by atoms with E-state index in [2.05, 4.69) is 5.32 Å². The fourth-order valence-corrected chi connectivity index (χ4v) is 2.75. The highest BCUT2D eigenvalue weighted by atomic mass is 16.5. The first-order chi connectivity index (χ1) is 13.4. The van der Waals surface area contributed by atoms with Crippen molar-refractivity contribution in [3.8, 4) is 6.07 Å². The first kappa shape index (κ1) is 18.8. The Bertz CT molecular complexity index is 1020. The van der Waals surface area contributed by atoms with Gasteiger partial charge in [-0.1, -0.05) is 24.3 Å². The fourth-order valence-electron chi connectivity index (χ4n) is 2.75. The zero-order valence-electron chi connectivity index (χ0n) is 14.8. The van der Waals surface area contributed by atoms with Crippen LogP contribution in [-0.4, -0.2) is 36.2 Å². The van der Waals surface area contributed by atoms with Gasteiger partial charge in [0.1, 0.15) is 12.6 Å². The van der Waals surface area contributed by atoms with Gasteiger partial charge in [0.05, 0.1) is 22.5 Å². The van der Waals surface area contributed by atoms with Crippen molar-refractivity contribution in [2.75, 3.05) is 16.8 Å². The maximum absolute atomic E-state index is 12.2. The standard InChI is InChI=1S/C20H15N3O5/c1-12(19(26)22-15-8-4-2-6-13(15)10-21)28-17(24)11-23-16-9-5-3-7-14(16)18(25)20(23)27/h2-9,12H,11H2,1H3,(H,22,26)/t12-/m1/s1. The Hall–Kier alpha value is -3.99. The van der Waals surface area contributed by atoms with Crippen molar-refractivity contribution in [2.24, 2.45) is 0 Å². The van der Waals surface area contributed by atoms with Gasteiger partial charge in [-0.05, 0) is 31.2 Å². The Morgan fingerprint density at radius 3 is 2.57 bits per heavy atom. The maximum atomic E-state index is 12.2. The number of amides is 2. The lowest BCUT2D eigenvalue weighted by Gasteiger charge is -2.18. The van der Waals surface area contributed by atoms with E-state index in [1.807, 2.05) is 6.07 Å². The number of esters is 1. The van der Waals surface area contributed by atoms with E-state index in [-0.39, 0.29) is 11.1 Å². The molecule has 0 unspecified atom stereocenters. The monoisotopic (exact) mass is 377 g/mol. The van der Waals surface area contributed by atoms with Crippen molar-refractivity contribution in [3.05, 3.63) is 59.7 Å². The number of rotatable bonds is 5. The third kappa shape index (κ3) is 3.59. The van der Waals surface area contributed by atoms with E-state index in [1.165, 1.54) is 13.0 Å². The molecule has 8 heteroatoms. The number of nitrogens with one attached hydrogen (secondary N) is 1. The molecule has 0 radical (unpaired) electrons. The number of ketones is 1. The molecule has 0 aliphatic carbocycles. The summed E-state index contributed by atoms with van der Waals surface area (Å²) in [5, 5.41) is 11.6. The Morgan fingerprint density at radius 1 is 1.14 bits per heavy atom. The molecule has 8 nitrogen and oxygen atoms in total. The molecule has 140 valence electrons. The highest BCUT2D eigenvalue weighted by molar-refractivity contribution is 6.52. The number of nitriles is 1. The van der Waals surface area contributed by atoms with Gasteiger partial charge >= 0.3 is 5.97 Å². The molecular formula is C20H15N3O5. The minimum Gasteiger partial charge on any atom is -0.451 e. The van der Waals surface area contributed by atoms with Crippen LogP contribution in [-0.2, 0) is 19.1 Å². The van der Waals surface area contributed by atoms with Crippen LogP contribution in [0, 0.1) is 11.3 Å². The van der Waals surface area contributed by atoms with Gasteiger partial charge in [-0.2, -0.15) is 5.26 Å². The van der Waals surface area contributed by atoms with Crippen molar-refractivity contribution >= 4 is 34.9 Å². The molecule has 1 aliphatic heterocycles. The number of nitrogens with zero attached hydrogens (tertiary/aromatic N) is 2. The Kier molecular flexibility index (Phi) is 5.18. The summed E-state index contributed by atoms with van der Waals surface area (Å²) in [6.07, 6.45) is -1.16. The van der Waals surface area contributed by atoms with Crippen LogP contribution in [0.3, 0.4) is 0 Å². The number of para-hydroxylation sites is 2. The van der Waals surface area contributed by atoms with Crippen molar-refractivity contribution in [1.29, 1.82) is 5.26 Å². The third-order valence-corrected chi connectivity index (χ3v) is 4.15. The predicted molar refractivity (Wildman–Crippen MR) is 98.5 cm³/mol. The van der Waals surface area contributed by atoms with Crippen LogP contribution in [0.4, 0.5) is 11.4 Å². The van der Waals surface area contributed by atoms with Gasteiger partial charge in [-0.15, -0.1) is 0 Å². The van der Waals surface area contributed by atoms with E-state index in [4.69, 9.17) is 10.00 Å². The molecule has 3 rings (SSSR count). The van der Waals surface area contributed by atoms with Crippen molar-refractivity contribution in [3.63, 3.8) is 0 Å². The largest absolute Gasteiger partial charge is 0.451 e. The number of benzene rings is 2. The average molecular weight is 377 g/mol. The van der Waals surface area contributed by atoms with E-state index in [9.17, 15) is 19.2 Å². The number of fused-ring (bicyclic) bond motifs is 1. The first-order valence-electron chi connectivity index (χ1n) is 8.37. The minimum atomic E-state index is -1.16. The number of hydrogen-bond acceptors (Lipinski definition) is 6. The van der Waals surface area contributed by atoms with E-state index in [0.29, 0.717) is 11.4 Å². The van der Waals surface area contributed by atoms with Gasteiger partial charge in [-0.3, -0.25) is 24.1 Å². The zero-order valence-corrected chi connectivity index (χ0v) is 14.8. The second-order valence-corrected chi connectivity index (χ2v) is 6.02. The lowest BCUT2D eigenvalue weighted by molar-refractivity contribution is -0.152. The molecule has 2 aromatic carbocycles. The van der Waals surface area contributed by atoms with Crippen LogP contribution in [0.1, 0.15) is 22.8 Å². The van der Waals surface area contributed by atoms with Crippen molar-refractivity contribution in [2.45, 2.75) is 13.0 Å². The molecule has 1 N–H and O–H groups in total. The quantitative estimate of drug-likeness (QED) is 0.626. The summed E-state index contributed by atoms with van der Waals surface area (Å²) >= 11 is 0. The summed E-state index contributed by atoms with van der Waals surface area (Å²) in [7, 11) is 0. The molecule has 0 bridgehead atoms. The van der Waals surface area contributed by atoms with Crippen LogP contribution < -0.4 is 10.2 Å². The van der Waals surface area contributed by atoms with Crippen LogP contribution in [0.25, 0.3) is 0 Å². The van der Waals surface area contributed by atoms with Gasteiger partial charge in [0, 0.05) is 0 Å². The second kappa shape index (κ2) is 7.72. The van der Waals surface area contributed by atoms with E-state index < -0.39 is 36.2 Å². The summed E-state index contributed by atoms with van der Waals surface area (Å²) in [5.41, 5.74) is 1.12. The SMILES string of the molecule is C[C@@H](OC(=O)CN1C(=O)C(=O)c2ccccc21)C(=O)Nc1ccccc1C#N. The van der Waals surface area contributed by atoms with Crippen LogP contribution in [0.15, 0.2) is 48.5 Å². The Labute approximate surface area is 160 Å². The van der Waals surface area contributed by atoms with E-state index >= 15 is 0 Å². The summed E-state index contributed by atoms with van der Waals surface area (Å²) in [6, 6.07) is 14.7. The third-order valence-electron chi connectivity index (χ3n) is 4.15. The molecule has 0 spiro atoms. The smallest absolute Gasteiger partial charge is 0.326 e. The van der Waals surface area contributed by atoms with Gasteiger partial charge in [0.2, 0.25) is 0 Å². The fraction of sp³-hybridized carbons (Fsp3) is 0.150. The summed E-state index contributed by atoms with van der Waals surface area (Å²) < 4.78 is 5.08. The summed E-state index contributed by atoms with van der Waals surface area (Å²) in [6.45, 7) is 0.876. The molecule has 2 aromatic rings. The summed E-state index contributed by atoms with van der Waals surface area (Å²) in [4.78, 5) is 49.5.